The monoisotopic (exact) mass is 294 g/mol. The zero-order chi connectivity index (χ0) is 14.4. The van der Waals surface area contributed by atoms with Crippen molar-refractivity contribution in [3.05, 3.63) is 0 Å². The highest BCUT2D eigenvalue weighted by molar-refractivity contribution is 5.79. The van der Waals surface area contributed by atoms with Gasteiger partial charge in [-0.15, -0.1) is 0 Å². The van der Waals surface area contributed by atoms with E-state index in [0.717, 1.165) is 51.6 Å². The minimum atomic E-state index is -0.679. The van der Waals surface area contributed by atoms with Gasteiger partial charge in [-0.3, -0.25) is 15.0 Å². The maximum Gasteiger partial charge on any atom is 0.323 e. The fraction of sp³-hybridized carbons (Fsp3) is 0.938. The molecular weight excluding hydrogens is 268 g/mol. The molecule has 2 N–H and O–H groups in total. The van der Waals surface area contributed by atoms with E-state index in [-0.39, 0.29) is 0 Å². The Balaban J connectivity index is 1.47. The predicted octanol–water partition coefficient (Wildman–Crippen LogP) is 1.37. The summed E-state index contributed by atoms with van der Waals surface area (Å²) >= 11 is 0. The Labute approximate surface area is 126 Å². The van der Waals surface area contributed by atoms with Crippen molar-refractivity contribution in [3.8, 4) is 0 Å². The van der Waals surface area contributed by atoms with Gasteiger partial charge < -0.3 is 9.84 Å². The van der Waals surface area contributed by atoms with Gasteiger partial charge in [0.05, 0.1) is 12.2 Å². The molecule has 0 aromatic heterocycles. The van der Waals surface area contributed by atoms with Gasteiger partial charge in [-0.1, -0.05) is 0 Å². The molecule has 0 radical (unpaired) electrons. The average molecular weight is 294 g/mol. The van der Waals surface area contributed by atoms with Crippen LogP contribution in [0.5, 0.6) is 0 Å². The molecule has 4 aliphatic rings. The first-order chi connectivity index (χ1) is 10.1. The molecule has 0 spiro atoms. The molecule has 5 heteroatoms. The van der Waals surface area contributed by atoms with Gasteiger partial charge in [0.15, 0.2) is 0 Å². The quantitative estimate of drug-likeness (QED) is 0.820. The van der Waals surface area contributed by atoms with Gasteiger partial charge in [0.2, 0.25) is 0 Å². The molecule has 4 fully saturated rings. The number of rotatable bonds is 4. The van der Waals surface area contributed by atoms with Crippen LogP contribution in [-0.4, -0.2) is 58.9 Å². The van der Waals surface area contributed by atoms with E-state index < -0.39 is 11.5 Å². The molecule has 0 aromatic rings. The van der Waals surface area contributed by atoms with Gasteiger partial charge >= 0.3 is 5.97 Å². The molecule has 4 atom stereocenters. The van der Waals surface area contributed by atoms with Gasteiger partial charge in [0.1, 0.15) is 5.54 Å². The molecule has 118 valence electrons. The topological polar surface area (TPSA) is 61.8 Å². The summed E-state index contributed by atoms with van der Waals surface area (Å²) in [5.41, 5.74) is -0.679. The summed E-state index contributed by atoms with van der Waals surface area (Å²) in [5.74, 6) is -0.643. The van der Waals surface area contributed by atoms with E-state index >= 15 is 0 Å². The number of nitrogens with one attached hydrogen (secondary N) is 1. The van der Waals surface area contributed by atoms with Crippen LogP contribution in [0.1, 0.15) is 51.4 Å². The minimum absolute atomic E-state index is 0.390. The number of hydrogen-bond donors (Lipinski definition) is 2. The fourth-order valence-electron chi connectivity index (χ4n) is 4.51. The Kier molecular flexibility index (Phi) is 3.47. The number of ether oxygens (including phenoxy) is 1. The van der Waals surface area contributed by atoms with Crippen LogP contribution < -0.4 is 5.32 Å². The Morgan fingerprint density at radius 2 is 1.86 bits per heavy atom. The van der Waals surface area contributed by atoms with Crippen molar-refractivity contribution in [1.29, 1.82) is 0 Å². The van der Waals surface area contributed by atoms with Crippen LogP contribution in [0.3, 0.4) is 0 Å². The summed E-state index contributed by atoms with van der Waals surface area (Å²) < 4.78 is 5.92. The van der Waals surface area contributed by atoms with Gasteiger partial charge in [-0.2, -0.15) is 0 Å². The lowest BCUT2D eigenvalue weighted by molar-refractivity contribution is -0.148. The second-order valence-corrected chi connectivity index (χ2v) is 7.47. The van der Waals surface area contributed by atoms with Crippen molar-refractivity contribution >= 4 is 5.97 Å². The first-order valence-electron chi connectivity index (χ1n) is 8.55. The third-order valence-electron chi connectivity index (χ3n) is 5.78. The number of fused-ring (bicyclic) bond motifs is 2. The maximum absolute atomic E-state index is 11.9. The van der Waals surface area contributed by atoms with E-state index in [2.05, 4.69) is 10.2 Å². The first kappa shape index (κ1) is 14.0. The Hall–Kier alpha value is -0.650. The van der Waals surface area contributed by atoms with Crippen LogP contribution in [0, 0.1) is 0 Å². The van der Waals surface area contributed by atoms with Crippen LogP contribution in [-0.2, 0) is 9.53 Å². The van der Waals surface area contributed by atoms with Crippen molar-refractivity contribution in [1.82, 2.24) is 10.2 Å². The van der Waals surface area contributed by atoms with Gasteiger partial charge in [0, 0.05) is 25.2 Å². The maximum atomic E-state index is 11.9. The number of aliphatic carboxylic acids is 1. The zero-order valence-electron chi connectivity index (χ0n) is 12.6. The van der Waals surface area contributed by atoms with Crippen molar-refractivity contribution in [2.24, 2.45) is 0 Å². The Morgan fingerprint density at radius 3 is 2.48 bits per heavy atom. The highest BCUT2D eigenvalue weighted by Gasteiger charge is 2.48. The van der Waals surface area contributed by atoms with Crippen LogP contribution in [0.25, 0.3) is 0 Å². The molecule has 21 heavy (non-hydrogen) atoms. The van der Waals surface area contributed by atoms with Crippen LogP contribution >= 0.6 is 0 Å². The lowest BCUT2D eigenvalue weighted by Crippen LogP contribution is -2.60. The zero-order valence-corrected chi connectivity index (χ0v) is 12.6. The molecular formula is C16H26N2O3. The molecule has 2 aliphatic heterocycles. The van der Waals surface area contributed by atoms with E-state index in [1.54, 1.807) is 0 Å². The summed E-state index contributed by atoms with van der Waals surface area (Å²) in [7, 11) is 0. The van der Waals surface area contributed by atoms with Crippen molar-refractivity contribution < 1.29 is 14.6 Å². The van der Waals surface area contributed by atoms with E-state index in [1.807, 2.05) is 0 Å². The van der Waals surface area contributed by atoms with E-state index in [4.69, 9.17) is 4.74 Å². The molecule has 2 aliphatic carbocycles. The van der Waals surface area contributed by atoms with Gasteiger partial charge in [-0.05, 0) is 51.4 Å². The third-order valence-corrected chi connectivity index (χ3v) is 5.78. The highest BCUT2D eigenvalue weighted by Crippen LogP contribution is 2.37. The fourth-order valence-corrected chi connectivity index (χ4v) is 4.51. The van der Waals surface area contributed by atoms with Crippen molar-refractivity contribution in [2.45, 2.75) is 81.2 Å². The molecule has 0 aromatic carbocycles. The van der Waals surface area contributed by atoms with Crippen LogP contribution in [0.2, 0.25) is 0 Å². The van der Waals surface area contributed by atoms with E-state index in [1.165, 1.54) is 12.8 Å². The molecule has 2 heterocycles. The first-order valence-corrected chi connectivity index (χ1v) is 8.55. The number of carboxylic acids is 1. The molecule has 2 saturated carbocycles. The minimum Gasteiger partial charge on any atom is -0.480 e. The number of carbonyl (C=O) groups is 1. The molecule has 4 unspecified atom stereocenters. The highest BCUT2D eigenvalue weighted by atomic mass is 16.5. The number of nitrogens with zero attached hydrogens (tertiary/aromatic N) is 1. The van der Waals surface area contributed by atoms with Gasteiger partial charge in [-0.25, -0.2) is 0 Å². The predicted molar refractivity (Wildman–Crippen MR) is 78.2 cm³/mol. The number of likely N-dealkylation sites (tertiary alicyclic amines) is 1. The summed E-state index contributed by atoms with van der Waals surface area (Å²) in [6.45, 7) is 2.00. The summed E-state index contributed by atoms with van der Waals surface area (Å²) in [4.78, 5) is 14.4. The lowest BCUT2D eigenvalue weighted by atomic mass is 9.78. The number of carboxylic acid groups (broad SMARTS) is 1. The van der Waals surface area contributed by atoms with E-state index in [9.17, 15) is 9.90 Å². The van der Waals surface area contributed by atoms with Gasteiger partial charge in [0.25, 0.3) is 0 Å². The van der Waals surface area contributed by atoms with Crippen LogP contribution in [0.15, 0.2) is 0 Å². The second kappa shape index (κ2) is 5.21. The number of morpholine rings is 1. The molecule has 0 amide bonds. The number of hydrogen-bond acceptors (Lipinski definition) is 4. The van der Waals surface area contributed by atoms with Crippen molar-refractivity contribution in [2.75, 3.05) is 13.1 Å². The molecule has 2 saturated heterocycles. The standard InChI is InChI=1S/C16H26N2O3/c19-15(20)16(17-11-3-4-11)7-1-2-12(8-16)18-9-13-5-6-14(10-18)21-13/h11-14,17H,1-10H2,(H,19,20). The average Bonchev–Trinajstić information content (AvgIpc) is 3.22. The SMILES string of the molecule is O=C(O)C1(NC2CC2)CCCC(N2CC3CCC(C2)O3)C1. The normalized spacial score (nSPS) is 43.9. The summed E-state index contributed by atoms with van der Waals surface area (Å²) in [5, 5.41) is 13.2. The molecule has 4 rings (SSSR count). The van der Waals surface area contributed by atoms with E-state index in [0.29, 0.717) is 24.3 Å². The second-order valence-electron chi connectivity index (χ2n) is 7.47. The smallest absolute Gasteiger partial charge is 0.323 e. The largest absolute Gasteiger partial charge is 0.480 e. The third kappa shape index (κ3) is 2.71. The summed E-state index contributed by atoms with van der Waals surface area (Å²) in [6.07, 6.45) is 9.12. The van der Waals surface area contributed by atoms with Crippen LogP contribution in [0.4, 0.5) is 0 Å². The molecule has 5 nitrogen and oxygen atoms in total. The lowest BCUT2D eigenvalue weighted by Gasteiger charge is -2.45. The molecule has 2 bridgehead atoms. The Morgan fingerprint density at radius 1 is 1.14 bits per heavy atom. The summed E-state index contributed by atoms with van der Waals surface area (Å²) in [6, 6.07) is 0.855. The van der Waals surface area contributed by atoms with Crippen molar-refractivity contribution in [3.63, 3.8) is 0 Å². The Bertz CT molecular complexity index is 414.